The van der Waals surface area contributed by atoms with Gasteiger partial charge in [0.25, 0.3) is 15.9 Å². The predicted molar refractivity (Wildman–Crippen MR) is 181 cm³/mol. The maximum absolute atomic E-state index is 13.8. The van der Waals surface area contributed by atoms with Crippen molar-refractivity contribution in [2.24, 2.45) is 11.7 Å². The van der Waals surface area contributed by atoms with Gasteiger partial charge in [-0.15, -0.1) is 0 Å². The van der Waals surface area contributed by atoms with Crippen LogP contribution in [-0.4, -0.2) is 54.5 Å². The minimum atomic E-state index is -5.09. The van der Waals surface area contributed by atoms with E-state index in [2.05, 4.69) is 40.0 Å². The highest BCUT2D eigenvalue weighted by Gasteiger charge is 2.33. The largest absolute Gasteiger partial charge is 0.483 e. The molecule has 0 radical (unpaired) electrons. The van der Waals surface area contributed by atoms with Gasteiger partial charge in [0.1, 0.15) is 47.3 Å². The zero-order chi connectivity index (χ0) is 35.3. The van der Waals surface area contributed by atoms with Crippen LogP contribution in [0.2, 0.25) is 25.7 Å². The number of carbonyl (C=O) groups excluding carboxylic acids is 1. The zero-order valence-corrected chi connectivity index (χ0v) is 29.0. The molecular formula is C32H38F3N7O5SSi. The standard InChI is InChI=1S/C32H38F3N7O5SSi/c1-49(2,3)16-15-46-19-42-31(39-26-18-37-13-14-38-26)27(30(36)43)28(40-42)22-9-12-24(41-48(44,45)32(34)35)25(17-22)47-29(20-5-4-6-20)21-7-10-23(33)11-8-21/h7-14,17-18,20,29,32,41H,4-6,15-16,19H2,1-3H3,(H2,36,43)(H,38,39). The van der Waals surface area contributed by atoms with E-state index in [9.17, 15) is 26.4 Å². The Morgan fingerprint density at radius 2 is 1.86 bits per heavy atom. The Kier molecular flexibility index (Phi) is 10.9. The molecule has 49 heavy (non-hydrogen) atoms. The topological polar surface area (TPSA) is 163 Å². The lowest BCUT2D eigenvalue weighted by molar-refractivity contribution is 0.0802. The van der Waals surface area contributed by atoms with Crippen molar-refractivity contribution in [1.82, 2.24) is 19.7 Å². The summed E-state index contributed by atoms with van der Waals surface area (Å²) in [7, 11) is -6.52. The Morgan fingerprint density at radius 1 is 1.12 bits per heavy atom. The van der Waals surface area contributed by atoms with Gasteiger partial charge in [-0.2, -0.15) is 13.9 Å². The molecule has 4 N–H and O–H groups in total. The predicted octanol–water partition coefficient (Wildman–Crippen LogP) is 6.52. The molecule has 1 aliphatic rings. The van der Waals surface area contributed by atoms with E-state index >= 15 is 0 Å². The lowest BCUT2D eigenvalue weighted by atomic mass is 9.78. The number of hydrogen-bond acceptors (Lipinski definition) is 9. The maximum atomic E-state index is 13.8. The second-order valence-corrected chi connectivity index (χ2v) is 20.2. The van der Waals surface area contributed by atoms with Gasteiger partial charge in [0, 0.05) is 38.6 Å². The lowest BCUT2D eigenvalue weighted by Crippen LogP contribution is -2.26. The van der Waals surface area contributed by atoms with Crippen molar-refractivity contribution in [3.8, 4) is 17.0 Å². The summed E-state index contributed by atoms with van der Waals surface area (Å²) in [6.45, 7) is 7.03. The van der Waals surface area contributed by atoms with E-state index in [1.54, 1.807) is 12.1 Å². The van der Waals surface area contributed by atoms with Crippen molar-refractivity contribution in [2.45, 2.75) is 63.5 Å². The molecule has 12 nitrogen and oxygen atoms in total. The molecule has 2 aromatic heterocycles. The molecule has 1 amide bonds. The molecule has 17 heteroatoms. The van der Waals surface area contributed by atoms with E-state index in [4.69, 9.17) is 15.2 Å². The number of halogens is 3. The number of sulfonamides is 1. The smallest absolute Gasteiger partial charge is 0.355 e. The van der Waals surface area contributed by atoms with Crippen LogP contribution in [0.25, 0.3) is 11.3 Å². The summed E-state index contributed by atoms with van der Waals surface area (Å²) < 4.78 is 81.0. The number of nitrogens with two attached hydrogens (primary N) is 1. The summed E-state index contributed by atoms with van der Waals surface area (Å²) in [5.41, 5.74) is 6.57. The van der Waals surface area contributed by atoms with Gasteiger partial charge >= 0.3 is 5.76 Å². The van der Waals surface area contributed by atoms with Crippen LogP contribution in [0.1, 0.15) is 41.3 Å². The molecule has 1 fully saturated rings. The molecule has 1 saturated carbocycles. The Morgan fingerprint density at radius 3 is 2.45 bits per heavy atom. The number of alkyl halides is 2. The molecule has 2 aromatic carbocycles. The van der Waals surface area contributed by atoms with Crippen LogP contribution < -0.4 is 20.5 Å². The fourth-order valence-corrected chi connectivity index (χ4v) is 6.47. The third-order valence-corrected chi connectivity index (χ3v) is 10.7. The van der Waals surface area contributed by atoms with E-state index in [0.29, 0.717) is 18.0 Å². The molecule has 1 atom stereocenters. The summed E-state index contributed by atoms with van der Waals surface area (Å²) in [5, 5.41) is 7.70. The molecule has 4 aromatic rings. The van der Waals surface area contributed by atoms with Gasteiger partial charge < -0.3 is 20.5 Å². The minimum absolute atomic E-state index is 0.00912. The average Bonchev–Trinajstić information content (AvgIpc) is 3.37. The normalized spacial score (nSPS) is 14.3. The van der Waals surface area contributed by atoms with Crippen molar-refractivity contribution in [3.63, 3.8) is 0 Å². The van der Waals surface area contributed by atoms with Crippen LogP contribution in [0.15, 0.2) is 61.1 Å². The van der Waals surface area contributed by atoms with E-state index in [1.807, 2.05) is 4.72 Å². The number of hydrogen-bond donors (Lipinski definition) is 3. The number of nitrogens with zero attached hydrogens (tertiary/aromatic N) is 4. The summed E-state index contributed by atoms with van der Waals surface area (Å²) in [4.78, 5) is 21.3. The van der Waals surface area contributed by atoms with Crippen molar-refractivity contribution in [2.75, 3.05) is 16.6 Å². The molecule has 1 unspecified atom stereocenters. The second kappa shape index (κ2) is 15.0. The number of anilines is 3. The summed E-state index contributed by atoms with van der Waals surface area (Å²) in [5.74, 6) is -4.67. The number of nitrogens with one attached hydrogen (secondary N) is 2. The number of rotatable bonds is 16. The molecule has 5 rings (SSSR count). The Labute approximate surface area is 283 Å². The van der Waals surface area contributed by atoms with Gasteiger partial charge in [-0.25, -0.2) is 22.5 Å². The van der Waals surface area contributed by atoms with Crippen LogP contribution in [0.3, 0.4) is 0 Å². The van der Waals surface area contributed by atoms with Crippen LogP contribution >= 0.6 is 0 Å². The van der Waals surface area contributed by atoms with E-state index < -0.39 is 41.7 Å². The molecular weight excluding hydrogens is 680 g/mol. The van der Waals surface area contributed by atoms with E-state index in [-0.39, 0.29) is 46.7 Å². The van der Waals surface area contributed by atoms with Crippen LogP contribution in [0.5, 0.6) is 5.75 Å². The second-order valence-electron chi connectivity index (χ2n) is 12.9. The van der Waals surface area contributed by atoms with Crippen LogP contribution in [-0.2, 0) is 21.5 Å². The first-order chi connectivity index (χ1) is 23.2. The number of ether oxygens (including phenoxy) is 2. The van der Waals surface area contributed by atoms with Crippen LogP contribution in [0, 0.1) is 11.7 Å². The number of primary amides is 1. The molecule has 0 saturated heterocycles. The fourth-order valence-electron chi connectivity index (χ4n) is 5.15. The monoisotopic (exact) mass is 717 g/mol. The third-order valence-electron chi connectivity index (χ3n) is 7.99. The Bertz CT molecular complexity index is 1870. The van der Waals surface area contributed by atoms with E-state index in [1.165, 1.54) is 53.6 Å². The number of carbonyl (C=O) groups is 1. The van der Waals surface area contributed by atoms with Crippen molar-refractivity contribution < 1.29 is 35.9 Å². The van der Waals surface area contributed by atoms with Gasteiger partial charge in [-0.05, 0) is 48.7 Å². The van der Waals surface area contributed by atoms with Gasteiger partial charge in [0.15, 0.2) is 0 Å². The van der Waals surface area contributed by atoms with Crippen LogP contribution in [0.4, 0.5) is 30.5 Å². The van der Waals surface area contributed by atoms with Gasteiger partial charge in [0.2, 0.25) is 0 Å². The molecule has 0 bridgehead atoms. The molecule has 0 spiro atoms. The fraction of sp³-hybridized carbons (Fsp3) is 0.375. The van der Waals surface area contributed by atoms with Crippen molar-refractivity contribution in [3.05, 3.63) is 78.0 Å². The summed E-state index contributed by atoms with van der Waals surface area (Å²) in [6, 6.07) is 10.6. The summed E-state index contributed by atoms with van der Waals surface area (Å²) >= 11 is 0. The van der Waals surface area contributed by atoms with Gasteiger partial charge in [-0.1, -0.05) is 44.3 Å². The highest BCUT2D eigenvalue weighted by atomic mass is 32.2. The lowest BCUT2D eigenvalue weighted by Gasteiger charge is -2.34. The highest BCUT2D eigenvalue weighted by molar-refractivity contribution is 7.93. The first kappa shape index (κ1) is 35.8. The van der Waals surface area contributed by atoms with Crippen molar-refractivity contribution >= 4 is 41.3 Å². The Balaban J connectivity index is 1.61. The summed E-state index contributed by atoms with van der Waals surface area (Å²) in [6.07, 6.45) is 6.21. The average molecular weight is 718 g/mol. The first-order valence-corrected chi connectivity index (χ1v) is 20.8. The quantitative estimate of drug-likeness (QED) is 0.0865. The van der Waals surface area contributed by atoms with Gasteiger partial charge in [0.05, 0.1) is 11.9 Å². The zero-order valence-electron chi connectivity index (χ0n) is 27.2. The minimum Gasteiger partial charge on any atom is -0.483 e. The number of aromatic nitrogens is 4. The number of benzene rings is 2. The molecule has 2 heterocycles. The van der Waals surface area contributed by atoms with Crippen molar-refractivity contribution in [1.29, 1.82) is 0 Å². The van der Waals surface area contributed by atoms with E-state index in [0.717, 1.165) is 25.3 Å². The Hall–Kier alpha value is -4.48. The molecule has 0 aliphatic heterocycles. The molecule has 1 aliphatic carbocycles. The maximum Gasteiger partial charge on any atom is 0.355 e. The highest BCUT2D eigenvalue weighted by Crippen LogP contribution is 2.44. The SMILES string of the molecule is C[Si](C)(C)CCOCn1nc(-c2ccc(NS(=O)(=O)C(F)F)c(OC(c3ccc(F)cc3)C3CCC3)c2)c(C(N)=O)c1Nc1cnccn1. The molecule has 262 valence electrons. The van der Waals surface area contributed by atoms with Gasteiger partial charge in [-0.3, -0.25) is 14.5 Å². The first-order valence-electron chi connectivity index (χ1n) is 15.6. The third kappa shape index (κ3) is 8.96. The number of amides is 1.